The lowest BCUT2D eigenvalue weighted by molar-refractivity contribution is 0.0948. The van der Waals surface area contributed by atoms with Gasteiger partial charge in [-0.3, -0.25) is 14.4 Å². The van der Waals surface area contributed by atoms with Crippen molar-refractivity contribution < 1.29 is 4.79 Å². The lowest BCUT2D eigenvalue weighted by atomic mass is 9.99. The largest absolute Gasteiger partial charge is 0.348 e. The minimum atomic E-state index is -0.137. The number of hydrogen-bond donors (Lipinski definition) is 1. The Morgan fingerprint density at radius 3 is 2.61 bits per heavy atom. The van der Waals surface area contributed by atoms with Gasteiger partial charge in [-0.2, -0.15) is 5.10 Å². The van der Waals surface area contributed by atoms with Crippen molar-refractivity contribution in [3.8, 4) is 0 Å². The summed E-state index contributed by atoms with van der Waals surface area (Å²) in [6.07, 6.45) is 5.06. The molecular weight excluding hydrogens is 412 g/mol. The first-order chi connectivity index (χ1) is 16.0. The maximum atomic E-state index is 12.7. The van der Waals surface area contributed by atoms with Gasteiger partial charge in [-0.05, 0) is 52.6 Å². The SMILES string of the molecule is CCn1nc(C)c(CN2CCCCC2c2ncc(C(=O)NCc3ccccc3)c(C)n2)c1C. The molecule has 3 heterocycles. The smallest absolute Gasteiger partial charge is 0.254 e. The second-order valence-electron chi connectivity index (χ2n) is 8.84. The van der Waals surface area contributed by atoms with Crippen LogP contribution in [0.25, 0.3) is 0 Å². The van der Waals surface area contributed by atoms with E-state index in [0.717, 1.165) is 55.3 Å². The van der Waals surface area contributed by atoms with Crippen molar-refractivity contribution in [2.75, 3.05) is 6.54 Å². The molecule has 7 heteroatoms. The first-order valence-electron chi connectivity index (χ1n) is 11.9. The molecule has 174 valence electrons. The van der Waals surface area contributed by atoms with Crippen LogP contribution in [0.4, 0.5) is 0 Å². The molecule has 0 radical (unpaired) electrons. The third-order valence-corrected chi connectivity index (χ3v) is 6.64. The van der Waals surface area contributed by atoms with Crippen LogP contribution < -0.4 is 5.32 Å². The number of amides is 1. The molecule has 1 aliphatic rings. The van der Waals surface area contributed by atoms with E-state index in [9.17, 15) is 4.79 Å². The summed E-state index contributed by atoms with van der Waals surface area (Å²) in [6, 6.07) is 10.1. The highest BCUT2D eigenvalue weighted by Gasteiger charge is 2.28. The highest BCUT2D eigenvalue weighted by Crippen LogP contribution is 2.31. The molecule has 1 saturated heterocycles. The van der Waals surface area contributed by atoms with Gasteiger partial charge < -0.3 is 5.32 Å². The molecule has 0 bridgehead atoms. The second-order valence-corrected chi connectivity index (χ2v) is 8.84. The Hall–Kier alpha value is -3.06. The molecule has 0 aliphatic carbocycles. The Labute approximate surface area is 196 Å². The van der Waals surface area contributed by atoms with Gasteiger partial charge in [0.15, 0.2) is 0 Å². The van der Waals surface area contributed by atoms with Gasteiger partial charge in [-0.25, -0.2) is 9.97 Å². The van der Waals surface area contributed by atoms with Gasteiger partial charge in [-0.1, -0.05) is 36.8 Å². The van der Waals surface area contributed by atoms with E-state index in [1.807, 2.05) is 37.3 Å². The maximum absolute atomic E-state index is 12.7. The summed E-state index contributed by atoms with van der Waals surface area (Å²) in [5, 5.41) is 7.67. The van der Waals surface area contributed by atoms with E-state index in [1.54, 1.807) is 6.20 Å². The van der Waals surface area contributed by atoms with Crippen molar-refractivity contribution in [3.63, 3.8) is 0 Å². The van der Waals surface area contributed by atoms with Crippen molar-refractivity contribution >= 4 is 5.91 Å². The molecule has 3 aromatic rings. The summed E-state index contributed by atoms with van der Waals surface area (Å²) in [5.74, 6) is 0.673. The molecule has 0 saturated carbocycles. The van der Waals surface area contributed by atoms with Gasteiger partial charge in [0.1, 0.15) is 5.82 Å². The standard InChI is InChI=1S/C26H34N6O/c1-5-32-20(4)23(19(3)30-32)17-31-14-10-9-13-24(31)25-27-16-22(18(2)29-25)26(33)28-15-21-11-7-6-8-12-21/h6-8,11-12,16,24H,5,9-10,13-15,17H2,1-4H3,(H,28,33). The monoisotopic (exact) mass is 446 g/mol. The number of aromatic nitrogens is 4. The first-order valence-corrected chi connectivity index (χ1v) is 11.9. The third-order valence-electron chi connectivity index (χ3n) is 6.64. The van der Waals surface area contributed by atoms with Crippen LogP contribution in [0.15, 0.2) is 36.5 Å². The Morgan fingerprint density at radius 2 is 1.91 bits per heavy atom. The molecule has 1 N–H and O–H groups in total. The van der Waals surface area contributed by atoms with Gasteiger partial charge in [-0.15, -0.1) is 0 Å². The lowest BCUT2D eigenvalue weighted by Gasteiger charge is -2.35. The van der Waals surface area contributed by atoms with E-state index in [4.69, 9.17) is 10.1 Å². The lowest BCUT2D eigenvalue weighted by Crippen LogP contribution is -2.34. The van der Waals surface area contributed by atoms with Crippen LogP contribution in [0.5, 0.6) is 0 Å². The molecule has 33 heavy (non-hydrogen) atoms. The van der Waals surface area contributed by atoms with Crippen LogP contribution in [0, 0.1) is 20.8 Å². The molecule has 1 unspecified atom stereocenters. The molecule has 2 aromatic heterocycles. The Kier molecular flexibility index (Phi) is 7.18. The predicted molar refractivity (Wildman–Crippen MR) is 129 cm³/mol. The number of rotatable bonds is 7. The Morgan fingerprint density at radius 1 is 1.12 bits per heavy atom. The summed E-state index contributed by atoms with van der Waals surface area (Å²) in [5.41, 5.74) is 5.96. The second kappa shape index (κ2) is 10.3. The highest BCUT2D eigenvalue weighted by atomic mass is 16.1. The van der Waals surface area contributed by atoms with E-state index in [2.05, 4.69) is 40.7 Å². The number of carbonyl (C=O) groups is 1. The summed E-state index contributed by atoms with van der Waals surface area (Å²) in [6.45, 7) is 11.5. The van der Waals surface area contributed by atoms with Crippen molar-refractivity contribution in [2.24, 2.45) is 0 Å². The number of likely N-dealkylation sites (tertiary alicyclic amines) is 1. The number of hydrogen-bond acceptors (Lipinski definition) is 5. The minimum Gasteiger partial charge on any atom is -0.348 e. The van der Waals surface area contributed by atoms with E-state index >= 15 is 0 Å². The van der Waals surface area contributed by atoms with Crippen LogP contribution in [0.3, 0.4) is 0 Å². The summed E-state index contributed by atoms with van der Waals surface area (Å²) >= 11 is 0. The van der Waals surface area contributed by atoms with Crippen LogP contribution >= 0.6 is 0 Å². The number of piperidine rings is 1. The normalized spacial score (nSPS) is 16.7. The van der Waals surface area contributed by atoms with Crippen molar-refractivity contribution in [3.05, 3.63) is 76.1 Å². The number of nitrogens with one attached hydrogen (secondary N) is 1. The average molecular weight is 447 g/mol. The van der Waals surface area contributed by atoms with Crippen LogP contribution in [-0.4, -0.2) is 37.1 Å². The molecular formula is C26H34N6O. The molecule has 1 fully saturated rings. The maximum Gasteiger partial charge on any atom is 0.254 e. The topological polar surface area (TPSA) is 75.9 Å². The fourth-order valence-electron chi connectivity index (χ4n) is 4.69. The van der Waals surface area contributed by atoms with E-state index in [-0.39, 0.29) is 11.9 Å². The minimum absolute atomic E-state index is 0.137. The molecule has 1 amide bonds. The molecule has 1 atom stereocenters. The summed E-state index contributed by atoms with van der Waals surface area (Å²) in [7, 11) is 0. The summed E-state index contributed by atoms with van der Waals surface area (Å²) < 4.78 is 2.08. The zero-order chi connectivity index (χ0) is 23.4. The zero-order valence-electron chi connectivity index (χ0n) is 20.1. The van der Waals surface area contributed by atoms with Gasteiger partial charge in [0, 0.05) is 37.1 Å². The Balaban J connectivity index is 1.49. The molecule has 7 nitrogen and oxygen atoms in total. The average Bonchev–Trinajstić information content (AvgIpc) is 3.11. The van der Waals surface area contributed by atoms with Crippen LogP contribution in [-0.2, 0) is 19.6 Å². The van der Waals surface area contributed by atoms with Crippen molar-refractivity contribution in [1.82, 2.24) is 30.0 Å². The van der Waals surface area contributed by atoms with Crippen LogP contribution in [0.2, 0.25) is 0 Å². The first kappa shape index (κ1) is 23.1. The molecule has 0 spiro atoms. The number of aryl methyl sites for hydroxylation is 3. The van der Waals surface area contributed by atoms with Crippen molar-refractivity contribution in [1.29, 1.82) is 0 Å². The number of carbonyl (C=O) groups excluding carboxylic acids is 1. The van der Waals surface area contributed by atoms with Gasteiger partial charge in [0.25, 0.3) is 5.91 Å². The molecule has 1 aliphatic heterocycles. The summed E-state index contributed by atoms with van der Waals surface area (Å²) in [4.78, 5) is 24.7. The third kappa shape index (κ3) is 5.14. The molecule has 1 aromatic carbocycles. The van der Waals surface area contributed by atoms with Gasteiger partial charge in [0.05, 0.1) is 23.0 Å². The van der Waals surface area contributed by atoms with E-state index < -0.39 is 0 Å². The van der Waals surface area contributed by atoms with Gasteiger partial charge in [0.2, 0.25) is 0 Å². The fraction of sp³-hybridized carbons (Fsp3) is 0.462. The Bertz CT molecular complexity index is 1110. The predicted octanol–water partition coefficient (Wildman–Crippen LogP) is 4.28. The van der Waals surface area contributed by atoms with Gasteiger partial charge >= 0.3 is 0 Å². The van der Waals surface area contributed by atoms with Crippen molar-refractivity contribution in [2.45, 2.75) is 72.6 Å². The van der Waals surface area contributed by atoms with Crippen LogP contribution in [0.1, 0.15) is 76.6 Å². The van der Waals surface area contributed by atoms with E-state index in [0.29, 0.717) is 12.1 Å². The number of benzene rings is 1. The highest BCUT2D eigenvalue weighted by molar-refractivity contribution is 5.94. The quantitative estimate of drug-likeness (QED) is 0.586. The zero-order valence-corrected chi connectivity index (χ0v) is 20.1. The fourth-order valence-corrected chi connectivity index (χ4v) is 4.69. The number of nitrogens with zero attached hydrogens (tertiary/aromatic N) is 5. The molecule has 4 rings (SSSR count). The van der Waals surface area contributed by atoms with E-state index in [1.165, 1.54) is 17.7 Å².